The number of fused-ring (bicyclic) bond motifs is 1. The summed E-state index contributed by atoms with van der Waals surface area (Å²) in [5.41, 5.74) is 4.20. The van der Waals surface area contributed by atoms with Gasteiger partial charge in [0.25, 0.3) is 0 Å². The monoisotopic (exact) mass is 346 g/mol. The fourth-order valence-corrected chi connectivity index (χ4v) is 3.04. The molecule has 2 aromatic rings. The number of halogens is 1. The summed E-state index contributed by atoms with van der Waals surface area (Å²) in [4.78, 5) is 18.9. The van der Waals surface area contributed by atoms with Crippen LogP contribution in [0.1, 0.15) is 29.5 Å². The summed E-state index contributed by atoms with van der Waals surface area (Å²) in [5.74, 6) is 0.377. The van der Waals surface area contributed by atoms with Crippen molar-refractivity contribution in [2.45, 2.75) is 33.2 Å². The van der Waals surface area contributed by atoms with Crippen LogP contribution in [0.25, 0.3) is 10.9 Å². The molecule has 5 heteroatoms. The summed E-state index contributed by atoms with van der Waals surface area (Å²) >= 11 is 6.39. The zero-order chi connectivity index (χ0) is 17.3. The number of carbonyl (C=O) groups is 1. The van der Waals surface area contributed by atoms with Crippen molar-refractivity contribution in [2.24, 2.45) is 5.92 Å². The molecule has 1 saturated carbocycles. The molecular formula is C19H23ClN2O2. The molecule has 0 atom stereocenters. The molecule has 1 aliphatic carbocycles. The molecule has 4 nitrogen and oxygen atoms in total. The minimum atomic E-state index is 0.180. The van der Waals surface area contributed by atoms with Crippen molar-refractivity contribution in [3.63, 3.8) is 0 Å². The second-order valence-electron chi connectivity index (χ2n) is 6.59. The molecule has 1 amide bonds. The topological polar surface area (TPSA) is 42.4 Å². The molecule has 0 unspecified atom stereocenters. The number of rotatable bonds is 6. The van der Waals surface area contributed by atoms with Crippen molar-refractivity contribution >= 4 is 28.4 Å². The molecule has 0 saturated heterocycles. The number of methoxy groups -OCH3 is 1. The molecule has 0 N–H and O–H groups in total. The Morgan fingerprint density at radius 2 is 2.00 bits per heavy atom. The highest BCUT2D eigenvalue weighted by Crippen LogP contribution is 2.32. The largest absolute Gasteiger partial charge is 0.383 e. The fraction of sp³-hybridized carbons (Fsp3) is 0.474. The Balaban J connectivity index is 1.89. The number of hydrogen-bond donors (Lipinski definition) is 0. The first kappa shape index (κ1) is 17.2. The van der Waals surface area contributed by atoms with Crippen molar-refractivity contribution in [3.05, 3.63) is 40.0 Å². The van der Waals surface area contributed by atoms with Gasteiger partial charge < -0.3 is 9.64 Å². The second kappa shape index (κ2) is 7.08. The number of ether oxygens (including phenoxy) is 1. The van der Waals surface area contributed by atoms with E-state index in [1.807, 2.05) is 4.90 Å². The van der Waals surface area contributed by atoms with Crippen LogP contribution in [0.15, 0.2) is 18.2 Å². The van der Waals surface area contributed by atoms with Crippen molar-refractivity contribution in [2.75, 3.05) is 20.3 Å². The third-order valence-corrected chi connectivity index (χ3v) is 4.95. The van der Waals surface area contributed by atoms with Gasteiger partial charge in [-0.15, -0.1) is 0 Å². The van der Waals surface area contributed by atoms with Crippen LogP contribution in [-0.4, -0.2) is 36.1 Å². The Hall–Kier alpha value is -1.65. The van der Waals surface area contributed by atoms with Gasteiger partial charge in [0, 0.05) is 37.1 Å². The van der Waals surface area contributed by atoms with Crippen molar-refractivity contribution < 1.29 is 9.53 Å². The molecule has 1 heterocycles. The number of aryl methyl sites for hydroxylation is 2. The van der Waals surface area contributed by atoms with Crippen LogP contribution < -0.4 is 0 Å². The smallest absolute Gasteiger partial charge is 0.226 e. The SMILES string of the molecule is COCCN(Cc1cc2cc(C)c(C)cc2nc1Cl)C(=O)C1CC1. The average Bonchev–Trinajstić information content (AvgIpc) is 3.38. The highest BCUT2D eigenvalue weighted by Gasteiger charge is 2.33. The zero-order valence-corrected chi connectivity index (χ0v) is 15.2. The van der Waals surface area contributed by atoms with Crippen LogP contribution in [-0.2, 0) is 16.1 Å². The Kier molecular flexibility index (Phi) is 5.07. The van der Waals surface area contributed by atoms with Crippen LogP contribution in [0.5, 0.6) is 0 Å². The number of hydrogen-bond acceptors (Lipinski definition) is 3. The molecule has 0 spiro atoms. The van der Waals surface area contributed by atoms with Gasteiger partial charge in [-0.05, 0) is 56.0 Å². The third kappa shape index (κ3) is 3.70. The Labute approximate surface area is 147 Å². The quantitative estimate of drug-likeness (QED) is 0.745. The number of amides is 1. The van der Waals surface area contributed by atoms with Crippen LogP contribution in [0, 0.1) is 19.8 Å². The van der Waals surface area contributed by atoms with E-state index in [4.69, 9.17) is 16.3 Å². The molecule has 1 fully saturated rings. The summed E-state index contributed by atoms with van der Waals surface area (Å²) in [5, 5.41) is 1.53. The highest BCUT2D eigenvalue weighted by atomic mass is 35.5. The first-order chi connectivity index (χ1) is 11.5. The first-order valence-corrected chi connectivity index (χ1v) is 8.71. The third-order valence-electron chi connectivity index (χ3n) is 4.62. The zero-order valence-electron chi connectivity index (χ0n) is 14.4. The van der Waals surface area contributed by atoms with E-state index in [2.05, 4.69) is 37.0 Å². The first-order valence-electron chi connectivity index (χ1n) is 8.33. The van der Waals surface area contributed by atoms with E-state index in [1.165, 1.54) is 11.1 Å². The standard InChI is InChI=1S/C19H23ClN2O2/c1-12-8-15-10-16(18(20)21-17(15)9-13(12)2)11-22(6-7-24-3)19(23)14-4-5-14/h8-10,14H,4-7,11H2,1-3H3. The molecule has 1 aromatic carbocycles. The molecular weight excluding hydrogens is 324 g/mol. The van der Waals surface area contributed by atoms with Gasteiger partial charge in [0.2, 0.25) is 5.91 Å². The molecule has 1 aromatic heterocycles. The molecule has 0 bridgehead atoms. The number of benzene rings is 1. The predicted octanol–water partition coefficient (Wildman–Crippen LogP) is 3.89. The summed E-state index contributed by atoms with van der Waals surface area (Å²) in [7, 11) is 1.65. The Morgan fingerprint density at radius 3 is 2.67 bits per heavy atom. The van der Waals surface area contributed by atoms with E-state index < -0.39 is 0 Å². The van der Waals surface area contributed by atoms with Gasteiger partial charge in [0.1, 0.15) is 5.15 Å². The number of aromatic nitrogens is 1. The van der Waals surface area contributed by atoms with Crippen LogP contribution in [0.2, 0.25) is 5.15 Å². The highest BCUT2D eigenvalue weighted by molar-refractivity contribution is 6.30. The number of nitrogens with zero attached hydrogens (tertiary/aromatic N) is 2. The summed E-state index contributed by atoms with van der Waals surface area (Å²) in [6, 6.07) is 6.23. The Morgan fingerprint density at radius 1 is 1.29 bits per heavy atom. The molecule has 128 valence electrons. The molecule has 3 rings (SSSR count). The van der Waals surface area contributed by atoms with Gasteiger partial charge in [-0.3, -0.25) is 4.79 Å². The van der Waals surface area contributed by atoms with Crippen LogP contribution in [0.4, 0.5) is 0 Å². The maximum absolute atomic E-state index is 12.5. The lowest BCUT2D eigenvalue weighted by molar-refractivity contribution is -0.133. The predicted molar refractivity (Wildman–Crippen MR) is 96.2 cm³/mol. The van der Waals surface area contributed by atoms with Crippen LogP contribution >= 0.6 is 11.6 Å². The second-order valence-corrected chi connectivity index (χ2v) is 6.95. The van der Waals surface area contributed by atoms with E-state index in [1.54, 1.807) is 7.11 Å². The van der Waals surface area contributed by atoms with Gasteiger partial charge in [-0.1, -0.05) is 11.6 Å². The lowest BCUT2D eigenvalue weighted by atomic mass is 10.0. The maximum Gasteiger partial charge on any atom is 0.226 e. The van der Waals surface area contributed by atoms with Gasteiger partial charge in [0.05, 0.1) is 12.1 Å². The molecule has 0 aliphatic heterocycles. The maximum atomic E-state index is 12.5. The van der Waals surface area contributed by atoms with E-state index in [-0.39, 0.29) is 11.8 Å². The van der Waals surface area contributed by atoms with Gasteiger partial charge in [0.15, 0.2) is 0 Å². The van der Waals surface area contributed by atoms with Crippen molar-refractivity contribution in [1.82, 2.24) is 9.88 Å². The number of carbonyl (C=O) groups excluding carboxylic acids is 1. The van der Waals surface area contributed by atoms with Crippen molar-refractivity contribution in [1.29, 1.82) is 0 Å². The van der Waals surface area contributed by atoms with E-state index >= 15 is 0 Å². The summed E-state index contributed by atoms with van der Waals surface area (Å²) < 4.78 is 5.15. The van der Waals surface area contributed by atoms with Gasteiger partial charge in [-0.2, -0.15) is 0 Å². The van der Waals surface area contributed by atoms with Crippen molar-refractivity contribution in [3.8, 4) is 0 Å². The molecule has 1 aliphatic rings. The minimum Gasteiger partial charge on any atom is -0.383 e. The molecule has 24 heavy (non-hydrogen) atoms. The summed E-state index contributed by atoms with van der Waals surface area (Å²) in [6.45, 7) is 5.74. The van der Waals surface area contributed by atoms with E-state index in [9.17, 15) is 4.79 Å². The lowest BCUT2D eigenvalue weighted by Crippen LogP contribution is -2.34. The average molecular weight is 347 g/mol. The Bertz CT molecular complexity index is 772. The summed E-state index contributed by atoms with van der Waals surface area (Å²) in [6.07, 6.45) is 1.98. The normalized spacial score (nSPS) is 14.2. The van der Waals surface area contributed by atoms with E-state index in [0.717, 1.165) is 29.3 Å². The molecule has 0 radical (unpaired) electrons. The fourth-order valence-electron chi connectivity index (χ4n) is 2.83. The lowest BCUT2D eigenvalue weighted by Gasteiger charge is -2.23. The van der Waals surface area contributed by atoms with Gasteiger partial charge >= 0.3 is 0 Å². The van der Waals surface area contributed by atoms with E-state index in [0.29, 0.717) is 24.8 Å². The van der Waals surface area contributed by atoms with Gasteiger partial charge in [-0.25, -0.2) is 4.98 Å². The minimum absolute atomic E-state index is 0.180. The van der Waals surface area contributed by atoms with Crippen LogP contribution in [0.3, 0.4) is 0 Å². The number of pyridine rings is 1.